The number of rotatable bonds is 3. The fourth-order valence-corrected chi connectivity index (χ4v) is 2.59. The van der Waals surface area contributed by atoms with Gasteiger partial charge in [-0.25, -0.2) is 4.39 Å². The number of carbonyl (C=O) groups is 1. The van der Waals surface area contributed by atoms with Crippen molar-refractivity contribution in [1.82, 2.24) is 4.90 Å². The average molecular weight is 276 g/mol. The third kappa shape index (κ3) is 3.14. The molecule has 5 heteroatoms. The number of ether oxygens (including phenoxy) is 1. The first kappa shape index (κ1) is 14.5. The van der Waals surface area contributed by atoms with Crippen LogP contribution < -0.4 is 0 Å². The van der Waals surface area contributed by atoms with Crippen molar-refractivity contribution in [2.45, 2.75) is 31.8 Å². The number of halogens is 1. The summed E-state index contributed by atoms with van der Waals surface area (Å²) in [6, 6.07) is 5.91. The number of nitriles is 1. The van der Waals surface area contributed by atoms with Crippen molar-refractivity contribution in [1.29, 1.82) is 5.26 Å². The van der Waals surface area contributed by atoms with Gasteiger partial charge in [0.05, 0.1) is 18.7 Å². The number of hydrogen-bond donors (Lipinski definition) is 0. The highest BCUT2D eigenvalue weighted by Crippen LogP contribution is 2.22. The Morgan fingerprint density at radius 1 is 1.55 bits per heavy atom. The highest BCUT2D eigenvalue weighted by Gasteiger charge is 2.29. The van der Waals surface area contributed by atoms with Crippen LogP contribution in [0.1, 0.15) is 30.4 Å². The molecule has 1 fully saturated rings. The molecule has 0 N–H and O–H groups in total. The van der Waals surface area contributed by atoms with E-state index < -0.39 is 5.82 Å². The summed E-state index contributed by atoms with van der Waals surface area (Å²) >= 11 is 0. The predicted molar refractivity (Wildman–Crippen MR) is 71.2 cm³/mol. The molecule has 1 aromatic rings. The van der Waals surface area contributed by atoms with E-state index in [4.69, 9.17) is 10.00 Å². The quantitative estimate of drug-likeness (QED) is 0.794. The minimum absolute atomic E-state index is 0.245. The van der Waals surface area contributed by atoms with E-state index in [0.29, 0.717) is 12.1 Å². The van der Waals surface area contributed by atoms with Crippen LogP contribution in [0.3, 0.4) is 0 Å². The van der Waals surface area contributed by atoms with Gasteiger partial charge >= 0.3 is 5.97 Å². The van der Waals surface area contributed by atoms with Crippen LogP contribution in [0.2, 0.25) is 0 Å². The zero-order valence-electron chi connectivity index (χ0n) is 11.4. The second-order valence-electron chi connectivity index (χ2n) is 4.92. The molecule has 1 unspecified atom stereocenters. The maximum Gasteiger partial charge on any atom is 0.323 e. The van der Waals surface area contributed by atoms with Crippen molar-refractivity contribution >= 4 is 5.97 Å². The topological polar surface area (TPSA) is 53.3 Å². The average Bonchev–Trinajstić information content (AvgIpc) is 2.48. The normalized spacial score (nSPS) is 19.4. The predicted octanol–water partition coefficient (Wildman–Crippen LogP) is 2.22. The molecule has 0 aromatic heterocycles. The van der Waals surface area contributed by atoms with E-state index in [1.165, 1.54) is 19.2 Å². The van der Waals surface area contributed by atoms with Gasteiger partial charge < -0.3 is 4.74 Å². The third-order valence-corrected chi connectivity index (χ3v) is 3.65. The maximum atomic E-state index is 13.1. The maximum absolute atomic E-state index is 13.1. The van der Waals surface area contributed by atoms with Crippen molar-refractivity contribution < 1.29 is 13.9 Å². The minimum atomic E-state index is -0.423. The molecule has 0 saturated carbocycles. The van der Waals surface area contributed by atoms with E-state index in [1.54, 1.807) is 6.07 Å². The molecule has 0 aliphatic carbocycles. The Morgan fingerprint density at radius 2 is 2.35 bits per heavy atom. The van der Waals surface area contributed by atoms with Gasteiger partial charge in [0, 0.05) is 6.54 Å². The van der Waals surface area contributed by atoms with E-state index in [9.17, 15) is 9.18 Å². The van der Waals surface area contributed by atoms with Crippen LogP contribution in [-0.2, 0) is 16.1 Å². The molecule has 0 bridgehead atoms. The smallest absolute Gasteiger partial charge is 0.323 e. The molecule has 0 radical (unpaired) electrons. The summed E-state index contributed by atoms with van der Waals surface area (Å²) in [5.74, 6) is -0.668. The fraction of sp³-hybridized carbons (Fsp3) is 0.467. The summed E-state index contributed by atoms with van der Waals surface area (Å²) in [5, 5.41) is 9.07. The van der Waals surface area contributed by atoms with Crippen LogP contribution in [0.25, 0.3) is 0 Å². The molecule has 1 aromatic carbocycles. The van der Waals surface area contributed by atoms with Gasteiger partial charge in [-0.3, -0.25) is 9.69 Å². The van der Waals surface area contributed by atoms with Crippen molar-refractivity contribution in [3.8, 4) is 6.07 Å². The van der Waals surface area contributed by atoms with Gasteiger partial charge in [0.25, 0.3) is 0 Å². The lowest BCUT2D eigenvalue weighted by Gasteiger charge is -2.33. The van der Waals surface area contributed by atoms with Crippen molar-refractivity contribution in [3.63, 3.8) is 0 Å². The number of nitrogens with zero attached hydrogens (tertiary/aromatic N) is 2. The van der Waals surface area contributed by atoms with E-state index in [2.05, 4.69) is 0 Å². The van der Waals surface area contributed by atoms with Gasteiger partial charge in [-0.1, -0.05) is 12.5 Å². The van der Waals surface area contributed by atoms with E-state index in [-0.39, 0.29) is 12.0 Å². The SMILES string of the molecule is COC(=O)C1CCCCN1Cc1ccc(F)cc1C#N. The first-order valence-corrected chi connectivity index (χ1v) is 6.66. The fourth-order valence-electron chi connectivity index (χ4n) is 2.59. The molecule has 0 amide bonds. The minimum Gasteiger partial charge on any atom is -0.468 e. The number of benzene rings is 1. The van der Waals surface area contributed by atoms with Gasteiger partial charge in [-0.2, -0.15) is 5.26 Å². The zero-order chi connectivity index (χ0) is 14.5. The van der Waals surface area contributed by atoms with Crippen LogP contribution in [0.15, 0.2) is 18.2 Å². The molecule has 1 atom stereocenters. The Balaban J connectivity index is 2.19. The molecule has 2 rings (SSSR count). The van der Waals surface area contributed by atoms with Crippen molar-refractivity contribution in [2.75, 3.05) is 13.7 Å². The molecule has 1 heterocycles. The summed E-state index contributed by atoms with van der Waals surface area (Å²) in [6.45, 7) is 1.24. The Kier molecular flexibility index (Phi) is 4.70. The van der Waals surface area contributed by atoms with Crippen LogP contribution in [0.4, 0.5) is 4.39 Å². The molecule has 1 aliphatic rings. The molecule has 1 saturated heterocycles. The first-order chi connectivity index (χ1) is 9.65. The number of esters is 1. The number of methoxy groups -OCH3 is 1. The van der Waals surface area contributed by atoms with Gasteiger partial charge in [-0.15, -0.1) is 0 Å². The molecule has 20 heavy (non-hydrogen) atoms. The van der Waals surface area contributed by atoms with E-state index in [0.717, 1.165) is 31.4 Å². The monoisotopic (exact) mass is 276 g/mol. The molecule has 106 valence electrons. The molecule has 4 nitrogen and oxygen atoms in total. The number of carbonyl (C=O) groups excluding carboxylic acids is 1. The van der Waals surface area contributed by atoms with Gasteiger partial charge in [0.15, 0.2) is 0 Å². The zero-order valence-corrected chi connectivity index (χ0v) is 11.4. The number of piperidine rings is 1. The van der Waals surface area contributed by atoms with E-state index >= 15 is 0 Å². The largest absolute Gasteiger partial charge is 0.468 e. The highest BCUT2D eigenvalue weighted by molar-refractivity contribution is 5.75. The Bertz CT molecular complexity index is 539. The summed E-state index contributed by atoms with van der Waals surface area (Å²) in [6.07, 6.45) is 2.76. The van der Waals surface area contributed by atoms with Crippen LogP contribution in [0, 0.1) is 17.1 Å². The number of hydrogen-bond acceptors (Lipinski definition) is 4. The first-order valence-electron chi connectivity index (χ1n) is 6.66. The van der Waals surface area contributed by atoms with Crippen molar-refractivity contribution in [3.05, 3.63) is 35.1 Å². The second kappa shape index (κ2) is 6.49. The van der Waals surface area contributed by atoms with Crippen LogP contribution >= 0.6 is 0 Å². The van der Waals surface area contributed by atoms with E-state index in [1.807, 2.05) is 11.0 Å². The van der Waals surface area contributed by atoms with Gasteiger partial charge in [-0.05, 0) is 37.1 Å². The Labute approximate surface area is 117 Å². The molecular weight excluding hydrogens is 259 g/mol. The lowest BCUT2D eigenvalue weighted by Crippen LogP contribution is -2.44. The van der Waals surface area contributed by atoms with Crippen molar-refractivity contribution in [2.24, 2.45) is 0 Å². The van der Waals surface area contributed by atoms with Gasteiger partial charge in [0.1, 0.15) is 11.9 Å². The standard InChI is InChI=1S/C15H17FN2O2/c1-20-15(19)14-4-2-3-7-18(14)10-11-5-6-13(16)8-12(11)9-17/h5-6,8,14H,2-4,7,10H2,1H3. The highest BCUT2D eigenvalue weighted by atomic mass is 19.1. The Hall–Kier alpha value is -1.93. The summed E-state index contributed by atoms with van der Waals surface area (Å²) in [4.78, 5) is 13.8. The lowest BCUT2D eigenvalue weighted by molar-refractivity contribution is -0.148. The number of likely N-dealkylation sites (tertiary alicyclic amines) is 1. The van der Waals surface area contributed by atoms with Crippen LogP contribution in [-0.4, -0.2) is 30.6 Å². The molecular formula is C15H17FN2O2. The lowest BCUT2D eigenvalue weighted by atomic mass is 10.00. The van der Waals surface area contributed by atoms with Crippen LogP contribution in [0.5, 0.6) is 0 Å². The molecule has 0 spiro atoms. The summed E-state index contributed by atoms with van der Waals surface area (Å²) < 4.78 is 18.0. The summed E-state index contributed by atoms with van der Waals surface area (Å²) in [5.41, 5.74) is 1.06. The summed E-state index contributed by atoms with van der Waals surface area (Å²) in [7, 11) is 1.38. The Morgan fingerprint density at radius 3 is 3.05 bits per heavy atom. The van der Waals surface area contributed by atoms with Gasteiger partial charge in [0.2, 0.25) is 0 Å². The molecule has 1 aliphatic heterocycles. The third-order valence-electron chi connectivity index (χ3n) is 3.65. The second-order valence-corrected chi connectivity index (χ2v) is 4.92.